The van der Waals surface area contributed by atoms with Crippen LogP contribution in [0.5, 0.6) is 0 Å². The van der Waals surface area contributed by atoms with Crippen LogP contribution in [0, 0.1) is 0 Å². The lowest BCUT2D eigenvalue weighted by atomic mass is 10.1. The van der Waals surface area contributed by atoms with Gasteiger partial charge in [-0.1, -0.05) is 18.2 Å². The van der Waals surface area contributed by atoms with Crippen molar-refractivity contribution < 1.29 is 9.59 Å². The minimum absolute atomic E-state index is 0.391. The molecule has 1 heterocycles. The van der Waals surface area contributed by atoms with Crippen molar-refractivity contribution in [3.63, 3.8) is 0 Å². The van der Waals surface area contributed by atoms with Gasteiger partial charge in [0.15, 0.2) is 6.29 Å². The molecule has 1 amide bonds. The van der Waals surface area contributed by atoms with Crippen molar-refractivity contribution >= 4 is 12.2 Å². The van der Waals surface area contributed by atoms with E-state index in [-0.39, 0.29) is 0 Å². The van der Waals surface area contributed by atoms with E-state index in [2.05, 4.69) is 4.98 Å². The fourth-order valence-corrected chi connectivity index (χ4v) is 1.47. The van der Waals surface area contributed by atoms with E-state index in [0.29, 0.717) is 17.5 Å². The highest BCUT2D eigenvalue weighted by Gasteiger charge is 2.02. The molecule has 0 bridgehead atoms. The molecule has 2 aromatic rings. The summed E-state index contributed by atoms with van der Waals surface area (Å²) in [5, 5.41) is 0. The van der Waals surface area contributed by atoms with Crippen molar-refractivity contribution in [1.82, 2.24) is 4.98 Å². The molecule has 4 nitrogen and oxygen atoms in total. The fourth-order valence-electron chi connectivity index (χ4n) is 1.47. The summed E-state index contributed by atoms with van der Waals surface area (Å²) in [6, 6.07) is 10.3. The van der Waals surface area contributed by atoms with Crippen LogP contribution >= 0.6 is 0 Å². The van der Waals surface area contributed by atoms with Crippen LogP contribution in [0.4, 0.5) is 0 Å². The molecule has 1 aromatic heterocycles. The topological polar surface area (TPSA) is 73.1 Å². The van der Waals surface area contributed by atoms with Gasteiger partial charge in [-0.15, -0.1) is 0 Å². The maximum absolute atomic E-state index is 10.9. The maximum atomic E-state index is 10.9. The predicted molar refractivity (Wildman–Crippen MR) is 63.6 cm³/mol. The summed E-state index contributed by atoms with van der Waals surface area (Å²) in [6.07, 6.45) is 2.31. The van der Waals surface area contributed by atoms with Crippen LogP contribution in [0.15, 0.2) is 42.6 Å². The smallest absolute Gasteiger partial charge is 0.248 e. The van der Waals surface area contributed by atoms with Crippen LogP contribution in [-0.4, -0.2) is 17.2 Å². The third-order valence-electron chi connectivity index (χ3n) is 2.41. The summed E-state index contributed by atoms with van der Waals surface area (Å²) < 4.78 is 0. The van der Waals surface area contributed by atoms with Gasteiger partial charge < -0.3 is 5.73 Å². The molecule has 84 valence electrons. The molecule has 0 aliphatic carbocycles. The number of hydrogen-bond donors (Lipinski definition) is 1. The van der Waals surface area contributed by atoms with Crippen LogP contribution in [0.2, 0.25) is 0 Å². The number of hydrogen-bond acceptors (Lipinski definition) is 3. The second-order valence-electron chi connectivity index (χ2n) is 3.53. The first-order valence-electron chi connectivity index (χ1n) is 5.02. The number of amides is 1. The normalized spacial score (nSPS) is 9.88. The van der Waals surface area contributed by atoms with Gasteiger partial charge >= 0.3 is 0 Å². The van der Waals surface area contributed by atoms with Crippen LogP contribution in [0.3, 0.4) is 0 Å². The molecule has 2 rings (SSSR count). The highest BCUT2D eigenvalue weighted by Crippen LogP contribution is 2.18. The molecule has 0 radical (unpaired) electrons. The Morgan fingerprint density at radius 2 is 1.71 bits per heavy atom. The standard InChI is InChI=1S/C13H10N2O2/c14-13(17)10-3-1-9(2-4-10)11-5-6-12(8-16)15-7-11/h1-8H,(H2,14,17). The monoisotopic (exact) mass is 226 g/mol. The van der Waals surface area contributed by atoms with Crippen molar-refractivity contribution in [1.29, 1.82) is 0 Å². The lowest BCUT2D eigenvalue weighted by Gasteiger charge is -2.02. The first-order valence-corrected chi connectivity index (χ1v) is 5.02. The summed E-state index contributed by atoms with van der Waals surface area (Å²) in [5.74, 6) is -0.453. The molecule has 0 aliphatic heterocycles. The van der Waals surface area contributed by atoms with Crippen molar-refractivity contribution in [2.24, 2.45) is 5.73 Å². The number of aromatic nitrogens is 1. The molecule has 0 saturated carbocycles. The highest BCUT2D eigenvalue weighted by molar-refractivity contribution is 5.93. The molecule has 0 saturated heterocycles. The average Bonchev–Trinajstić information content (AvgIpc) is 2.39. The Morgan fingerprint density at radius 1 is 1.06 bits per heavy atom. The molecule has 0 spiro atoms. The summed E-state index contributed by atoms with van der Waals surface area (Å²) in [5.41, 5.74) is 7.80. The predicted octanol–water partition coefficient (Wildman–Crippen LogP) is 1.66. The van der Waals surface area contributed by atoms with E-state index in [0.717, 1.165) is 11.1 Å². The molecule has 0 fully saturated rings. The van der Waals surface area contributed by atoms with Gasteiger partial charge in [0.2, 0.25) is 5.91 Å². The van der Waals surface area contributed by atoms with Crippen LogP contribution in [0.1, 0.15) is 20.8 Å². The SMILES string of the molecule is NC(=O)c1ccc(-c2ccc(C=O)nc2)cc1. The van der Waals surface area contributed by atoms with Crippen LogP contribution in [-0.2, 0) is 0 Å². The van der Waals surface area contributed by atoms with Crippen LogP contribution < -0.4 is 5.73 Å². The minimum Gasteiger partial charge on any atom is -0.366 e. The number of carbonyl (C=O) groups is 2. The Balaban J connectivity index is 2.32. The molecule has 1 aromatic carbocycles. The Morgan fingerprint density at radius 3 is 2.18 bits per heavy atom. The Kier molecular flexibility index (Phi) is 2.96. The van der Waals surface area contributed by atoms with Gasteiger partial charge in [0.25, 0.3) is 0 Å². The second kappa shape index (κ2) is 4.57. The maximum Gasteiger partial charge on any atom is 0.248 e. The van der Waals surface area contributed by atoms with Crippen molar-refractivity contribution in [2.45, 2.75) is 0 Å². The molecule has 0 aliphatic rings. The Hall–Kier alpha value is -2.49. The van der Waals surface area contributed by atoms with E-state index in [9.17, 15) is 9.59 Å². The van der Waals surface area contributed by atoms with E-state index in [4.69, 9.17) is 5.73 Å². The third-order valence-corrected chi connectivity index (χ3v) is 2.41. The summed E-state index contributed by atoms with van der Waals surface area (Å²) >= 11 is 0. The van der Waals surface area contributed by atoms with Gasteiger partial charge in [0.1, 0.15) is 5.69 Å². The Bertz CT molecular complexity index is 545. The lowest BCUT2D eigenvalue weighted by molar-refractivity contribution is 0.1000. The zero-order valence-corrected chi connectivity index (χ0v) is 8.96. The molecule has 4 heteroatoms. The highest BCUT2D eigenvalue weighted by atomic mass is 16.1. The molecular weight excluding hydrogens is 216 g/mol. The minimum atomic E-state index is -0.453. The lowest BCUT2D eigenvalue weighted by Crippen LogP contribution is -2.10. The summed E-state index contributed by atoms with van der Waals surface area (Å²) in [6.45, 7) is 0. The number of nitrogens with two attached hydrogens (primary N) is 1. The summed E-state index contributed by atoms with van der Waals surface area (Å²) in [7, 11) is 0. The van der Waals surface area contributed by atoms with Crippen molar-refractivity contribution in [3.8, 4) is 11.1 Å². The van der Waals surface area contributed by atoms with Gasteiger partial charge in [-0.25, -0.2) is 0 Å². The fraction of sp³-hybridized carbons (Fsp3) is 0. The van der Waals surface area contributed by atoms with Gasteiger partial charge in [-0.3, -0.25) is 14.6 Å². The second-order valence-corrected chi connectivity index (χ2v) is 3.53. The number of nitrogens with zero attached hydrogens (tertiary/aromatic N) is 1. The Labute approximate surface area is 98.1 Å². The quantitative estimate of drug-likeness (QED) is 0.809. The molecule has 0 unspecified atom stereocenters. The van der Waals surface area contributed by atoms with E-state index >= 15 is 0 Å². The molecule has 2 N–H and O–H groups in total. The first-order chi connectivity index (χ1) is 8.20. The number of benzene rings is 1. The molecule has 17 heavy (non-hydrogen) atoms. The van der Waals surface area contributed by atoms with Gasteiger partial charge in [0, 0.05) is 17.3 Å². The zero-order chi connectivity index (χ0) is 12.3. The van der Waals surface area contributed by atoms with E-state index < -0.39 is 5.91 Å². The number of aldehydes is 1. The zero-order valence-electron chi connectivity index (χ0n) is 8.96. The van der Waals surface area contributed by atoms with Gasteiger partial charge in [0.05, 0.1) is 0 Å². The number of pyridine rings is 1. The average molecular weight is 226 g/mol. The largest absolute Gasteiger partial charge is 0.366 e. The van der Waals surface area contributed by atoms with Crippen LogP contribution in [0.25, 0.3) is 11.1 Å². The van der Waals surface area contributed by atoms with Gasteiger partial charge in [-0.2, -0.15) is 0 Å². The molecule has 0 atom stereocenters. The van der Waals surface area contributed by atoms with E-state index in [1.54, 1.807) is 42.6 Å². The van der Waals surface area contributed by atoms with E-state index in [1.165, 1.54) is 0 Å². The third kappa shape index (κ3) is 2.36. The van der Waals surface area contributed by atoms with Crippen molar-refractivity contribution in [3.05, 3.63) is 53.9 Å². The number of primary amides is 1. The molecular formula is C13H10N2O2. The number of rotatable bonds is 3. The summed E-state index contributed by atoms with van der Waals surface area (Å²) in [4.78, 5) is 25.3. The first kappa shape index (κ1) is 11.0. The van der Waals surface area contributed by atoms with Gasteiger partial charge in [-0.05, 0) is 23.8 Å². The van der Waals surface area contributed by atoms with Crippen molar-refractivity contribution in [2.75, 3.05) is 0 Å². The number of carbonyl (C=O) groups excluding carboxylic acids is 2. The van der Waals surface area contributed by atoms with E-state index in [1.807, 2.05) is 0 Å².